The molecule has 3 rings (SSSR count). The summed E-state index contributed by atoms with van der Waals surface area (Å²) in [5, 5.41) is 0. The molecule has 0 aliphatic heterocycles. The first kappa shape index (κ1) is 9.67. The molecule has 2 heteroatoms. The van der Waals surface area contributed by atoms with Crippen LogP contribution in [0.5, 0.6) is 0 Å². The summed E-state index contributed by atoms with van der Waals surface area (Å²) in [6, 6.07) is 12.8. The Morgan fingerprint density at radius 2 is 1.75 bits per heavy atom. The number of hydrogen-bond acceptors (Lipinski definition) is 2. The molecule has 0 N–H and O–H groups in total. The summed E-state index contributed by atoms with van der Waals surface area (Å²) >= 11 is 1.78. The highest BCUT2D eigenvalue weighted by atomic mass is 32.1. The Labute approximate surface area is 98.3 Å². The second-order valence-electron chi connectivity index (χ2n) is 4.06. The third kappa shape index (κ3) is 1.55. The van der Waals surface area contributed by atoms with Crippen molar-refractivity contribution in [3.63, 3.8) is 0 Å². The molecular formula is C14H12OS. The molecule has 2 heterocycles. The van der Waals surface area contributed by atoms with E-state index in [9.17, 15) is 0 Å². The van der Waals surface area contributed by atoms with Gasteiger partial charge in [-0.15, -0.1) is 11.3 Å². The molecule has 1 nitrogen and oxygen atoms in total. The van der Waals surface area contributed by atoms with Gasteiger partial charge in [-0.25, -0.2) is 0 Å². The molecular weight excluding hydrogens is 216 g/mol. The average molecular weight is 228 g/mol. The van der Waals surface area contributed by atoms with Gasteiger partial charge in [0.05, 0.1) is 4.70 Å². The fraction of sp³-hybridized carbons (Fsp3) is 0.143. The van der Waals surface area contributed by atoms with Crippen molar-refractivity contribution in [2.45, 2.75) is 13.8 Å². The Morgan fingerprint density at radius 3 is 2.44 bits per heavy atom. The van der Waals surface area contributed by atoms with Gasteiger partial charge in [0.25, 0.3) is 0 Å². The van der Waals surface area contributed by atoms with Gasteiger partial charge in [-0.1, -0.05) is 29.8 Å². The van der Waals surface area contributed by atoms with E-state index in [4.69, 9.17) is 4.42 Å². The molecule has 16 heavy (non-hydrogen) atoms. The lowest BCUT2D eigenvalue weighted by molar-refractivity contribution is 0.579. The van der Waals surface area contributed by atoms with E-state index in [0.717, 1.165) is 11.3 Å². The molecule has 0 atom stereocenters. The largest absolute Gasteiger partial charge is 0.460 e. The third-order valence-corrected chi connectivity index (χ3v) is 3.78. The van der Waals surface area contributed by atoms with Crippen LogP contribution < -0.4 is 0 Å². The maximum Gasteiger partial charge on any atom is 0.145 e. The van der Waals surface area contributed by atoms with Gasteiger partial charge in [0.1, 0.15) is 11.3 Å². The Balaban J connectivity index is 2.11. The summed E-state index contributed by atoms with van der Waals surface area (Å²) < 4.78 is 6.83. The number of rotatable bonds is 1. The monoisotopic (exact) mass is 228 g/mol. The molecule has 0 saturated heterocycles. The maximum absolute atomic E-state index is 5.60. The summed E-state index contributed by atoms with van der Waals surface area (Å²) in [5.41, 5.74) is 3.55. The van der Waals surface area contributed by atoms with Crippen LogP contribution in [0.25, 0.3) is 20.7 Å². The van der Waals surface area contributed by atoms with E-state index in [1.807, 2.05) is 6.92 Å². The van der Waals surface area contributed by atoms with E-state index in [1.54, 1.807) is 11.3 Å². The molecule has 0 radical (unpaired) electrons. The third-order valence-electron chi connectivity index (χ3n) is 2.67. The summed E-state index contributed by atoms with van der Waals surface area (Å²) in [6.07, 6.45) is 0. The lowest BCUT2D eigenvalue weighted by atomic mass is 10.1. The molecule has 3 aromatic rings. The van der Waals surface area contributed by atoms with Crippen molar-refractivity contribution < 1.29 is 4.42 Å². The second kappa shape index (κ2) is 3.49. The van der Waals surface area contributed by atoms with Crippen LogP contribution in [0, 0.1) is 13.8 Å². The number of aryl methyl sites for hydroxylation is 2. The van der Waals surface area contributed by atoms with Gasteiger partial charge in [0, 0.05) is 10.9 Å². The van der Waals surface area contributed by atoms with Crippen LogP contribution in [0.1, 0.15) is 11.3 Å². The number of hydrogen-bond donors (Lipinski definition) is 0. The Hall–Kier alpha value is -1.54. The van der Waals surface area contributed by atoms with Gasteiger partial charge in [0.15, 0.2) is 0 Å². The van der Waals surface area contributed by atoms with E-state index < -0.39 is 0 Å². The zero-order chi connectivity index (χ0) is 11.1. The molecule has 1 aromatic carbocycles. The fourth-order valence-electron chi connectivity index (χ4n) is 1.82. The molecule has 0 bridgehead atoms. The Kier molecular flexibility index (Phi) is 2.11. The average Bonchev–Trinajstić information content (AvgIpc) is 2.75. The standard InChI is InChI=1S/C14H12OS/c1-9-3-5-11(6-4-9)13-8-12-14(16-13)7-10(2)15-12/h3-8H,1-2H3. The van der Waals surface area contributed by atoms with E-state index >= 15 is 0 Å². The molecule has 0 aliphatic carbocycles. The van der Waals surface area contributed by atoms with Crippen molar-refractivity contribution >= 4 is 21.6 Å². The number of thiophene rings is 1. The predicted octanol–water partition coefficient (Wildman–Crippen LogP) is 4.78. The number of benzene rings is 1. The van der Waals surface area contributed by atoms with Gasteiger partial charge in [-0.05, 0) is 25.5 Å². The van der Waals surface area contributed by atoms with Crippen molar-refractivity contribution in [2.24, 2.45) is 0 Å². The SMILES string of the molecule is Cc1ccc(-c2cc3oc(C)cc3s2)cc1. The normalized spacial score (nSPS) is 11.1. The summed E-state index contributed by atoms with van der Waals surface area (Å²) in [4.78, 5) is 1.27. The van der Waals surface area contributed by atoms with E-state index in [1.165, 1.54) is 20.7 Å². The van der Waals surface area contributed by atoms with Crippen LogP contribution in [-0.4, -0.2) is 0 Å². The van der Waals surface area contributed by atoms with Crippen molar-refractivity contribution in [1.29, 1.82) is 0 Å². The zero-order valence-corrected chi connectivity index (χ0v) is 10.1. The summed E-state index contributed by atoms with van der Waals surface area (Å²) in [7, 11) is 0. The van der Waals surface area contributed by atoms with E-state index in [2.05, 4.69) is 43.3 Å². The first-order valence-electron chi connectivity index (χ1n) is 5.29. The molecule has 80 valence electrons. The van der Waals surface area contributed by atoms with Gasteiger partial charge >= 0.3 is 0 Å². The highest BCUT2D eigenvalue weighted by Crippen LogP contribution is 2.35. The van der Waals surface area contributed by atoms with Crippen molar-refractivity contribution in [1.82, 2.24) is 0 Å². The molecule has 0 unspecified atom stereocenters. The first-order chi connectivity index (χ1) is 7.72. The van der Waals surface area contributed by atoms with Gasteiger partial charge in [-0.2, -0.15) is 0 Å². The van der Waals surface area contributed by atoms with Gasteiger partial charge in [0.2, 0.25) is 0 Å². The Bertz CT molecular complexity index is 597. The van der Waals surface area contributed by atoms with Gasteiger partial charge in [-0.3, -0.25) is 0 Å². The van der Waals surface area contributed by atoms with Crippen LogP contribution in [0.4, 0.5) is 0 Å². The number of fused-ring (bicyclic) bond motifs is 1. The molecule has 2 aromatic heterocycles. The maximum atomic E-state index is 5.60. The topological polar surface area (TPSA) is 13.1 Å². The lowest BCUT2D eigenvalue weighted by Crippen LogP contribution is -1.73. The quantitative estimate of drug-likeness (QED) is 0.584. The highest BCUT2D eigenvalue weighted by Gasteiger charge is 2.07. The van der Waals surface area contributed by atoms with E-state index in [0.29, 0.717) is 0 Å². The molecule has 0 saturated carbocycles. The fourth-order valence-corrected chi connectivity index (χ4v) is 2.90. The minimum atomic E-state index is 0.983. The molecule has 0 fully saturated rings. The number of furan rings is 1. The van der Waals surface area contributed by atoms with Crippen molar-refractivity contribution in [2.75, 3.05) is 0 Å². The molecule has 0 amide bonds. The lowest BCUT2D eigenvalue weighted by Gasteiger charge is -1.97. The van der Waals surface area contributed by atoms with Crippen LogP contribution in [0.3, 0.4) is 0 Å². The predicted molar refractivity (Wildman–Crippen MR) is 69.0 cm³/mol. The molecule has 0 aliphatic rings. The van der Waals surface area contributed by atoms with Gasteiger partial charge < -0.3 is 4.42 Å². The van der Waals surface area contributed by atoms with Crippen LogP contribution in [0.2, 0.25) is 0 Å². The second-order valence-corrected chi connectivity index (χ2v) is 5.15. The summed E-state index contributed by atoms with van der Waals surface area (Å²) in [6.45, 7) is 4.09. The zero-order valence-electron chi connectivity index (χ0n) is 9.28. The smallest absolute Gasteiger partial charge is 0.145 e. The van der Waals surface area contributed by atoms with Crippen molar-refractivity contribution in [3.05, 3.63) is 47.7 Å². The van der Waals surface area contributed by atoms with Crippen LogP contribution in [0.15, 0.2) is 40.8 Å². The molecule has 0 spiro atoms. The highest BCUT2D eigenvalue weighted by molar-refractivity contribution is 7.22. The minimum Gasteiger partial charge on any atom is -0.460 e. The van der Waals surface area contributed by atoms with Crippen molar-refractivity contribution in [3.8, 4) is 10.4 Å². The Morgan fingerprint density at radius 1 is 1.00 bits per heavy atom. The van der Waals surface area contributed by atoms with Crippen LogP contribution in [-0.2, 0) is 0 Å². The summed E-state index contributed by atoms with van der Waals surface area (Å²) in [5.74, 6) is 0.983. The minimum absolute atomic E-state index is 0.983. The van der Waals surface area contributed by atoms with E-state index in [-0.39, 0.29) is 0 Å². The first-order valence-corrected chi connectivity index (χ1v) is 6.11. The van der Waals surface area contributed by atoms with Crippen LogP contribution >= 0.6 is 11.3 Å².